The van der Waals surface area contributed by atoms with Crippen LogP contribution >= 0.6 is 11.6 Å². The first-order valence-corrected chi connectivity index (χ1v) is 7.44. The van der Waals surface area contributed by atoms with Crippen molar-refractivity contribution in [2.75, 3.05) is 31.5 Å². The number of nitrogens with two attached hydrogens (primary N) is 1. The van der Waals surface area contributed by atoms with E-state index < -0.39 is 0 Å². The summed E-state index contributed by atoms with van der Waals surface area (Å²) in [6, 6.07) is 7.15. The second kappa shape index (κ2) is 7.07. The number of hydrogen-bond acceptors (Lipinski definition) is 3. The minimum absolute atomic E-state index is 0.0117. The van der Waals surface area contributed by atoms with Crippen molar-refractivity contribution in [1.29, 1.82) is 0 Å². The zero-order chi connectivity index (χ0) is 14.5. The van der Waals surface area contributed by atoms with E-state index in [4.69, 9.17) is 17.3 Å². The number of anilines is 1. The Morgan fingerprint density at radius 2 is 2.15 bits per heavy atom. The van der Waals surface area contributed by atoms with Crippen molar-refractivity contribution < 1.29 is 4.79 Å². The SMILES string of the molecule is CC1CCN(CC(=O)Nc2ccc(Cl)cc2)CC1CN. The van der Waals surface area contributed by atoms with Gasteiger partial charge in [-0.1, -0.05) is 18.5 Å². The summed E-state index contributed by atoms with van der Waals surface area (Å²) in [7, 11) is 0. The number of nitrogens with one attached hydrogen (secondary N) is 1. The zero-order valence-electron chi connectivity index (χ0n) is 11.8. The number of likely N-dealkylation sites (tertiary alicyclic amines) is 1. The third-order valence-corrected chi connectivity index (χ3v) is 4.25. The minimum atomic E-state index is 0.0117. The molecule has 0 spiro atoms. The monoisotopic (exact) mass is 295 g/mol. The van der Waals surface area contributed by atoms with E-state index in [0.717, 1.165) is 25.2 Å². The number of amides is 1. The van der Waals surface area contributed by atoms with Gasteiger partial charge in [-0.25, -0.2) is 0 Å². The normalized spacial score (nSPS) is 23.6. The minimum Gasteiger partial charge on any atom is -0.330 e. The molecule has 2 rings (SSSR count). The Morgan fingerprint density at radius 1 is 1.45 bits per heavy atom. The summed E-state index contributed by atoms with van der Waals surface area (Å²) in [4.78, 5) is 14.2. The highest BCUT2D eigenvalue weighted by Gasteiger charge is 2.26. The summed E-state index contributed by atoms with van der Waals surface area (Å²) in [6.07, 6.45) is 1.11. The zero-order valence-corrected chi connectivity index (χ0v) is 12.6. The van der Waals surface area contributed by atoms with Gasteiger partial charge >= 0.3 is 0 Å². The van der Waals surface area contributed by atoms with Crippen LogP contribution in [0.4, 0.5) is 5.69 Å². The van der Waals surface area contributed by atoms with E-state index in [-0.39, 0.29) is 5.91 Å². The summed E-state index contributed by atoms with van der Waals surface area (Å²) in [6.45, 7) is 5.22. The molecule has 5 heteroatoms. The molecule has 0 bridgehead atoms. The van der Waals surface area contributed by atoms with Gasteiger partial charge in [0.1, 0.15) is 0 Å². The first-order chi connectivity index (χ1) is 9.58. The number of nitrogens with zero attached hydrogens (tertiary/aromatic N) is 1. The Kier molecular flexibility index (Phi) is 5.40. The molecule has 1 fully saturated rings. The van der Waals surface area contributed by atoms with E-state index >= 15 is 0 Å². The summed E-state index contributed by atoms with van der Waals surface area (Å²) in [5.41, 5.74) is 6.56. The molecule has 0 aromatic heterocycles. The van der Waals surface area contributed by atoms with Crippen LogP contribution in [0.2, 0.25) is 5.02 Å². The molecule has 2 atom stereocenters. The van der Waals surface area contributed by atoms with Gasteiger partial charge < -0.3 is 11.1 Å². The third-order valence-electron chi connectivity index (χ3n) is 4.00. The molecule has 0 saturated carbocycles. The smallest absolute Gasteiger partial charge is 0.238 e. The number of carbonyl (C=O) groups is 1. The standard InChI is InChI=1S/C15H22ClN3O/c1-11-6-7-19(9-12(11)8-17)10-15(20)18-14-4-2-13(16)3-5-14/h2-5,11-12H,6-10,17H2,1H3,(H,18,20). The number of hydrogen-bond donors (Lipinski definition) is 2. The number of halogens is 1. The van der Waals surface area contributed by atoms with Crippen LogP contribution in [0.1, 0.15) is 13.3 Å². The third kappa shape index (κ3) is 4.20. The van der Waals surface area contributed by atoms with Crippen LogP contribution in [-0.2, 0) is 4.79 Å². The molecule has 0 aliphatic carbocycles. The van der Waals surface area contributed by atoms with Gasteiger partial charge in [0.25, 0.3) is 0 Å². The van der Waals surface area contributed by atoms with Crippen molar-refractivity contribution in [3.8, 4) is 0 Å². The van der Waals surface area contributed by atoms with E-state index in [1.165, 1.54) is 0 Å². The van der Waals surface area contributed by atoms with Gasteiger partial charge in [0.2, 0.25) is 5.91 Å². The summed E-state index contributed by atoms with van der Waals surface area (Å²) in [5.74, 6) is 1.15. The fraction of sp³-hybridized carbons (Fsp3) is 0.533. The van der Waals surface area contributed by atoms with Gasteiger partial charge in [-0.05, 0) is 55.6 Å². The lowest BCUT2D eigenvalue weighted by Gasteiger charge is -2.36. The lowest BCUT2D eigenvalue weighted by atomic mass is 9.87. The van der Waals surface area contributed by atoms with Crippen LogP contribution in [0.5, 0.6) is 0 Å². The Hall–Kier alpha value is -1.10. The molecule has 110 valence electrons. The second-order valence-corrected chi connectivity index (χ2v) is 5.99. The molecule has 20 heavy (non-hydrogen) atoms. The summed E-state index contributed by atoms with van der Waals surface area (Å²) >= 11 is 5.82. The van der Waals surface area contributed by atoms with Crippen LogP contribution in [0, 0.1) is 11.8 Å². The maximum atomic E-state index is 12.0. The fourth-order valence-corrected chi connectivity index (χ4v) is 2.74. The van der Waals surface area contributed by atoms with Gasteiger partial charge in [-0.2, -0.15) is 0 Å². The van der Waals surface area contributed by atoms with E-state index in [2.05, 4.69) is 17.1 Å². The van der Waals surface area contributed by atoms with Crippen LogP contribution in [0.15, 0.2) is 24.3 Å². The molecule has 1 aliphatic rings. The summed E-state index contributed by atoms with van der Waals surface area (Å²) < 4.78 is 0. The molecule has 0 radical (unpaired) electrons. The van der Waals surface area contributed by atoms with Crippen molar-refractivity contribution in [2.24, 2.45) is 17.6 Å². The highest BCUT2D eigenvalue weighted by atomic mass is 35.5. The number of rotatable bonds is 4. The van der Waals surface area contributed by atoms with E-state index in [1.807, 2.05) is 0 Å². The predicted octanol–water partition coefficient (Wildman–Crippen LogP) is 2.20. The van der Waals surface area contributed by atoms with E-state index in [1.54, 1.807) is 24.3 Å². The molecular formula is C15H22ClN3O. The molecule has 1 aromatic carbocycles. The van der Waals surface area contributed by atoms with Gasteiger partial charge in [0, 0.05) is 17.3 Å². The average molecular weight is 296 g/mol. The highest BCUT2D eigenvalue weighted by molar-refractivity contribution is 6.30. The number of piperidine rings is 1. The molecule has 2 unspecified atom stereocenters. The quantitative estimate of drug-likeness (QED) is 0.895. The predicted molar refractivity (Wildman–Crippen MR) is 82.8 cm³/mol. The average Bonchev–Trinajstić information content (AvgIpc) is 2.43. The maximum Gasteiger partial charge on any atom is 0.238 e. The molecule has 1 amide bonds. The Balaban J connectivity index is 1.84. The first-order valence-electron chi connectivity index (χ1n) is 7.06. The Labute approximate surface area is 125 Å². The number of carbonyl (C=O) groups excluding carboxylic acids is 1. The largest absolute Gasteiger partial charge is 0.330 e. The molecule has 1 aromatic rings. The molecule has 1 aliphatic heterocycles. The number of benzene rings is 1. The van der Waals surface area contributed by atoms with Crippen molar-refractivity contribution in [3.05, 3.63) is 29.3 Å². The Morgan fingerprint density at radius 3 is 2.80 bits per heavy atom. The molecule has 4 nitrogen and oxygen atoms in total. The van der Waals surface area contributed by atoms with Gasteiger partial charge in [-0.3, -0.25) is 9.69 Å². The summed E-state index contributed by atoms with van der Waals surface area (Å²) in [5, 5.41) is 3.56. The van der Waals surface area contributed by atoms with Crippen LogP contribution in [0.25, 0.3) is 0 Å². The molecular weight excluding hydrogens is 274 g/mol. The maximum absolute atomic E-state index is 12.0. The molecule has 1 heterocycles. The van der Waals surface area contributed by atoms with Crippen LogP contribution in [-0.4, -0.2) is 37.0 Å². The van der Waals surface area contributed by atoms with E-state index in [9.17, 15) is 4.79 Å². The van der Waals surface area contributed by atoms with Crippen molar-refractivity contribution in [1.82, 2.24) is 4.90 Å². The topological polar surface area (TPSA) is 58.4 Å². The van der Waals surface area contributed by atoms with Crippen LogP contribution < -0.4 is 11.1 Å². The van der Waals surface area contributed by atoms with Crippen molar-refractivity contribution in [3.63, 3.8) is 0 Å². The molecule has 1 saturated heterocycles. The second-order valence-electron chi connectivity index (χ2n) is 5.55. The fourth-order valence-electron chi connectivity index (χ4n) is 2.61. The lowest BCUT2D eigenvalue weighted by Crippen LogP contribution is -2.45. The van der Waals surface area contributed by atoms with Gasteiger partial charge in [0.05, 0.1) is 6.54 Å². The van der Waals surface area contributed by atoms with Crippen molar-refractivity contribution >= 4 is 23.2 Å². The van der Waals surface area contributed by atoms with Crippen LogP contribution in [0.3, 0.4) is 0 Å². The van der Waals surface area contributed by atoms with E-state index in [0.29, 0.717) is 29.9 Å². The first kappa shape index (κ1) is 15.3. The van der Waals surface area contributed by atoms with Gasteiger partial charge in [0.15, 0.2) is 0 Å². The van der Waals surface area contributed by atoms with Gasteiger partial charge in [-0.15, -0.1) is 0 Å². The highest BCUT2D eigenvalue weighted by Crippen LogP contribution is 2.22. The lowest BCUT2D eigenvalue weighted by molar-refractivity contribution is -0.117. The molecule has 3 N–H and O–H groups in total. The van der Waals surface area contributed by atoms with Crippen molar-refractivity contribution in [2.45, 2.75) is 13.3 Å². The Bertz CT molecular complexity index is 449.